The van der Waals surface area contributed by atoms with Crippen molar-refractivity contribution in [1.29, 1.82) is 0 Å². The highest BCUT2D eigenvalue weighted by Crippen LogP contribution is 2.18. The lowest BCUT2D eigenvalue weighted by atomic mass is 10.3. The van der Waals surface area contributed by atoms with E-state index >= 15 is 0 Å². The molecule has 2 amide bonds. The van der Waals surface area contributed by atoms with Crippen molar-refractivity contribution in [2.75, 3.05) is 23.8 Å². The number of halogens is 1. The first-order valence-electron chi connectivity index (χ1n) is 6.44. The largest absolute Gasteiger partial charge is 0.492 e. The summed E-state index contributed by atoms with van der Waals surface area (Å²) in [6.45, 7) is 0.802. The SMILES string of the molecule is NCCOc1cccc(NC(=O)Nc2ccccc2F)c1. The van der Waals surface area contributed by atoms with Gasteiger partial charge in [-0.25, -0.2) is 9.18 Å². The second-order valence-electron chi connectivity index (χ2n) is 4.22. The Hall–Kier alpha value is -2.60. The summed E-state index contributed by atoms with van der Waals surface area (Å²) in [6.07, 6.45) is 0. The van der Waals surface area contributed by atoms with E-state index in [0.717, 1.165) is 0 Å². The van der Waals surface area contributed by atoms with E-state index in [9.17, 15) is 9.18 Å². The lowest BCUT2D eigenvalue weighted by Gasteiger charge is -2.10. The van der Waals surface area contributed by atoms with Crippen molar-refractivity contribution in [1.82, 2.24) is 0 Å². The lowest BCUT2D eigenvalue weighted by Crippen LogP contribution is -2.20. The monoisotopic (exact) mass is 289 g/mol. The lowest BCUT2D eigenvalue weighted by molar-refractivity contribution is 0.262. The molecule has 0 bridgehead atoms. The highest BCUT2D eigenvalue weighted by molar-refractivity contribution is 5.99. The van der Waals surface area contributed by atoms with Gasteiger partial charge in [-0.1, -0.05) is 18.2 Å². The Bertz CT molecular complexity index is 619. The highest BCUT2D eigenvalue weighted by Gasteiger charge is 2.06. The number of nitrogens with one attached hydrogen (secondary N) is 2. The van der Waals surface area contributed by atoms with Crippen molar-refractivity contribution in [2.24, 2.45) is 5.73 Å². The molecule has 110 valence electrons. The number of urea groups is 1. The number of carbonyl (C=O) groups is 1. The third-order valence-electron chi connectivity index (χ3n) is 2.60. The number of amides is 2. The minimum atomic E-state index is -0.531. The molecule has 0 atom stereocenters. The summed E-state index contributed by atoms with van der Waals surface area (Å²) in [7, 11) is 0. The van der Waals surface area contributed by atoms with Gasteiger partial charge in [0, 0.05) is 18.3 Å². The van der Waals surface area contributed by atoms with Gasteiger partial charge in [0.05, 0.1) is 5.69 Å². The summed E-state index contributed by atoms with van der Waals surface area (Å²) in [6, 6.07) is 12.3. The van der Waals surface area contributed by atoms with Crippen LogP contribution in [-0.2, 0) is 0 Å². The molecule has 0 saturated heterocycles. The van der Waals surface area contributed by atoms with E-state index in [-0.39, 0.29) is 5.69 Å². The average molecular weight is 289 g/mol. The summed E-state index contributed by atoms with van der Waals surface area (Å²) in [5.74, 6) is 0.108. The standard InChI is InChI=1S/C15H16FN3O2/c16-13-6-1-2-7-14(13)19-15(20)18-11-4-3-5-12(10-11)21-9-8-17/h1-7,10H,8-9,17H2,(H2,18,19,20). The van der Waals surface area contributed by atoms with Crippen LogP contribution in [-0.4, -0.2) is 19.2 Å². The van der Waals surface area contributed by atoms with Crippen LogP contribution >= 0.6 is 0 Å². The number of ether oxygens (including phenoxy) is 1. The number of carbonyl (C=O) groups excluding carboxylic acids is 1. The molecule has 5 nitrogen and oxygen atoms in total. The first-order valence-corrected chi connectivity index (χ1v) is 6.44. The first kappa shape index (κ1) is 14.8. The number of rotatable bonds is 5. The van der Waals surface area contributed by atoms with Crippen molar-refractivity contribution in [3.05, 3.63) is 54.3 Å². The average Bonchev–Trinajstić information content (AvgIpc) is 2.48. The maximum atomic E-state index is 13.4. The number of anilines is 2. The number of nitrogens with two attached hydrogens (primary N) is 1. The van der Waals surface area contributed by atoms with Gasteiger partial charge in [-0.15, -0.1) is 0 Å². The Balaban J connectivity index is 1.98. The fraction of sp³-hybridized carbons (Fsp3) is 0.133. The van der Waals surface area contributed by atoms with Crippen LogP contribution < -0.4 is 21.1 Å². The van der Waals surface area contributed by atoms with Crippen molar-refractivity contribution >= 4 is 17.4 Å². The van der Waals surface area contributed by atoms with Crippen molar-refractivity contribution in [3.63, 3.8) is 0 Å². The smallest absolute Gasteiger partial charge is 0.323 e. The van der Waals surface area contributed by atoms with Crippen molar-refractivity contribution < 1.29 is 13.9 Å². The van der Waals surface area contributed by atoms with Gasteiger partial charge >= 0.3 is 6.03 Å². The van der Waals surface area contributed by atoms with Crippen LogP contribution in [0.25, 0.3) is 0 Å². The zero-order valence-electron chi connectivity index (χ0n) is 11.3. The molecule has 21 heavy (non-hydrogen) atoms. The fourth-order valence-corrected chi connectivity index (χ4v) is 1.69. The molecule has 0 spiro atoms. The topological polar surface area (TPSA) is 76.4 Å². The van der Waals surface area contributed by atoms with Crippen LogP contribution in [0.2, 0.25) is 0 Å². The Morgan fingerprint density at radius 3 is 2.71 bits per heavy atom. The van der Waals surface area contributed by atoms with Gasteiger partial charge in [0.15, 0.2) is 0 Å². The molecule has 0 unspecified atom stereocenters. The molecule has 0 fully saturated rings. The first-order chi connectivity index (χ1) is 10.2. The maximum Gasteiger partial charge on any atom is 0.323 e. The summed E-state index contributed by atoms with van der Waals surface area (Å²) < 4.78 is 18.8. The molecule has 0 aromatic heterocycles. The number of hydrogen-bond acceptors (Lipinski definition) is 3. The Morgan fingerprint density at radius 1 is 1.14 bits per heavy atom. The molecule has 2 aromatic carbocycles. The molecular formula is C15H16FN3O2. The summed E-state index contributed by atoms with van der Waals surface area (Å²) in [4.78, 5) is 11.8. The van der Waals surface area contributed by atoms with Gasteiger partial charge in [-0.2, -0.15) is 0 Å². The second-order valence-corrected chi connectivity index (χ2v) is 4.22. The quantitative estimate of drug-likeness (QED) is 0.792. The molecule has 0 saturated carbocycles. The number of hydrogen-bond donors (Lipinski definition) is 3. The number of benzene rings is 2. The second kappa shape index (κ2) is 7.25. The van der Waals surface area contributed by atoms with E-state index in [1.165, 1.54) is 12.1 Å². The van der Waals surface area contributed by atoms with Crippen molar-refractivity contribution in [2.45, 2.75) is 0 Å². The van der Waals surface area contributed by atoms with Crippen LogP contribution in [0.1, 0.15) is 0 Å². The van der Waals surface area contributed by atoms with Gasteiger partial charge in [-0.05, 0) is 24.3 Å². The molecule has 0 aliphatic carbocycles. The molecule has 0 radical (unpaired) electrons. The Labute approximate surface area is 121 Å². The van der Waals surface area contributed by atoms with Crippen LogP contribution in [0.15, 0.2) is 48.5 Å². The van der Waals surface area contributed by atoms with Gasteiger partial charge in [0.25, 0.3) is 0 Å². The molecule has 2 rings (SSSR count). The normalized spacial score (nSPS) is 10.0. The van der Waals surface area contributed by atoms with Crippen LogP contribution in [0.4, 0.5) is 20.6 Å². The minimum Gasteiger partial charge on any atom is -0.492 e. The predicted molar refractivity (Wildman–Crippen MR) is 80.0 cm³/mol. The molecule has 0 heterocycles. The van der Waals surface area contributed by atoms with E-state index in [0.29, 0.717) is 24.6 Å². The molecule has 4 N–H and O–H groups in total. The molecule has 2 aromatic rings. The Morgan fingerprint density at radius 2 is 1.95 bits per heavy atom. The summed E-state index contributed by atoms with van der Waals surface area (Å²) in [5, 5.41) is 5.04. The third-order valence-corrected chi connectivity index (χ3v) is 2.60. The van der Waals surface area contributed by atoms with Crippen LogP contribution in [0.3, 0.4) is 0 Å². The summed E-state index contributed by atoms with van der Waals surface area (Å²) >= 11 is 0. The fourth-order valence-electron chi connectivity index (χ4n) is 1.69. The van der Waals surface area contributed by atoms with Gasteiger partial charge < -0.3 is 21.1 Å². The molecule has 6 heteroatoms. The predicted octanol–water partition coefficient (Wildman–Crippen LogP) is 2.81. The molecular weight excluding hydrogens is 273 g/mol. The minimum absolute atomic E-state index is 0.116. The van der Waals surface area contributed by atoms with E-state index in [4.69, 9.17) is 10.5 Å². The highest BCUT2D eigenvalue weighted by atomic mass is 19.1. The summed E-state index contributed by atoms with van der Waals surface area (Å²) in [5.41, 5.74) is 6.01. The van der Waals surface area contributed by atoms with E-state index in [1.807, 2.05) is 0 Å². The van der Waals surface area contributed by atoms with Crippen LogP contribution in [0.5, 0.6) is 5.75 Å². The van der Waals surface area contributed by atoms with E-state index in [1.54, 1.807) is 36.4 Å². The third kappa shape index (κ3) is 4.47. The Kier molecular flexibility index (Phi) is 5.11. The molecule has 0 aliphatic heterocycles. The van der Waals surface area contributed by atoms with Gasteiger partial charge in [-0.3, -0.25) is 0 Å². The van der Waals surface area contributed by atoms with E-state index < -0.39 is 11.8 Å². The zero-order valence-corrected chi connectivity index (χ0v) is 11.3. The van der Waals surface area contributed by atoms with Gasteiger partial charge in [0.2, 0.25) is 0 Å². The van der Waals surface area contributed by atoms with Crippen molar-refractivity contribution in [3.8, 4) is 5.75 Å². The molecule has 0 aliphatic rings. The van der Waals surface area contributed by atoms with E-state index in [2.05, 4.69) is 10.6 Å². The van der Waals surface area contributed by atoms with Gasteiger partial charge in [0.1, 0.15) is 18.2 Å². The van der Waals surface area contributed by atoms with Crippen LogP contribution in [0, 0.1) is 5.82 Å². The number of para-hydroxylation sites is 1. The zero-order chi connectivity index (χ0) is 15.1. The maximum absolute atomic E-state index is 13.4.